The normalized spacial score (nSPS) is 16.3. The Kier molecular flexibility index (Phi) is 4.83. The summed E-state index contributed by atoms with van der Waals surface area (Å²) in [6, 6.07) is 12.6. The topological polar surface area (TPSA) is 58.2 Å². The standard InChI is InChI=1S/C22H21Cl2N3O2/c1-22(2,3)27-20(15-10-7-13(23)11-16(15)24)17-18(25-26-19(17)21(27)28)12-5-8-14(29-4)9-6-12/h5-11,20H,1-4H3,(H,25,26). The average molecular weight is 430 g/mol. The van der Waals surface area contributed by atoms with Gasteiger partial charge in [0.05, 0.1) is 18.8 Å². The van der Waals surface area contributed by atoms with Crippen molar-refractivity contribution < 1.29 is 9.53 Å². The summed E-state index contributed by atoms with van der Waals surface area (Å²) in [5.74, 6) is 0.654. The average Bonchev–Trinajstić information content (AvgIpc) is 3.21. The summed E-state index contributed by atoms with van der Waals surface area (Å²) in [4.78, 5) is 15.2. The number of methoxy groups -OCH3 is 1. The molecule has 0 saturated heterocycles. The van der Waals surface area contributed by atoms with Crippen molar-refractivity contribution in [1.82, 2.24) is 15.1 Å². The van der Waals surface area contributed by atoms with E-state index in [-0.39, 0.29) is 11.9 Å². The van der Waals surface area contributed by atoms with E-state index in [4.69, 9.17) is 27.9 Å². The minimum atomic E-state index is -0.429. The van der Waals surface area contributed by atoms with Crippen LogP contribution in [0.1, 0.15) is 48.4 Å². The predicted molar refractivity (Wildman–Crippen MR) is 115 cm³/mol. The Morgan fingerprint density at radius 3 is 2.38 bits per heavy atom. The summed E-state index contributed by atoms with van der Waals surface area (Å²) >= 11 is 12.7. The predicted octanol–water partition coefficient (Wildman–Crippen LogP) is 5.74. The molecule has 4 rings (SSSR count). The van der Waals surface area contributed by atoms with Crippen molar-refractivity contribution >= 4 is 29.1 Å². The van der Waals surface area contributed by atoms with E-state index in [1.807, 2.05) is 56.0 Å². The molecule has 2 aromatic carbocycles. The molecule has 1 amide bonds. The number of hydrogen-bond donors (Lipinski definition) is 1. The minimum Gasteiger partial charge on any atom is -0.497 e. The number of H-pyrrole nitrogens is 1. The van der Waals surface area contributed by atoms with Crippen molar-refractivity contribution in [2.45, 2.75) is 32.4 Å². The van der Waals surface area contributed by atoms with Crippen LogP contribution in [-0.4, -0.2) is 33.7 Å². The van der Waals surface area contributed by atoms with Crippen molar-refractivity contribution in [2.24, 2.45) is 0 Å². The second-order valence-electron chi connectivity index (χ2n) is 8.00. The van der Waals surface area contributed by atoms with Gasteiger partial charge >= 0.3 is 0 Å². The third kappa shape index (κ3) is 3.28. The van der Waals surface area contributed by atoms with E-state index in [1.54, 1.807) is 19.2 Å². The monoisotopic (exact) mass is 429 g/mol. The smallest absolute Gasteiger partial charge is 0.273 e. The molecule has 1 aromatic heterocycles. The summed E-state index contributed by atoms with van der Waals surface area (Å²) < 4.78 is 5.25. The number of ether oxygens (including phenoxy) is 1. The van der Waals surface area contributed by atoms with Gasteiger partial charge in [0.15, 0.2) is 0 Å². The van der Waals surface area contributed by atoms with Crippen LogP contribution in [0.4, 0.5) is 0 Å². The molecule has 1 aliphatic heterocycles. The Balaban J connectivity index is 1.93. The van der Waals surface area contributed by atoms with E-state index >= 15 is 0 Å². The molecule has 0 fully saturated rings. The fourth-order valence-corrected chi connectivity index (χ4v) is 4.34. The van der Waals surface area contributed by atoms with E-state index < -0.39 is 5.54 Å². The van der Waals surface area contributed by atoms with Gasteiger partial charge in [-0.25, -0.2) is 0 Å². The number of hydrogen-bond acceptors (Lipinski definition) is 3. The van der Waals surface area contributed by atoms with E-state index in [0.717, 1.165) is 28.1 Å². The third-order valence-corrected chi connectivity index (χ3v) is 5.67. The van der Waals surface area contributed by atoms with Gasteiger partial charge in [-0.15, -0.1) is 0 Å². The number of aromatic amines is 1. The fraction of sp³-hybridized carbons (Fsp3) is 0.273. The van der Waals surface area contributed by atoms with E-state index in [9.17, 15) is 4.79 Å². The van der Waals surface area contributed by atoms with Gasteiger partial charge in [-0.1, -0.05) is 29.3 Å². The number of aromatic nitrogens is 2. The van der Waals surface area contributed by atoms with Gasteiger partial charge in [0.1, 0.15) is 11.4 Å². The van der Waals surface area contributed by atoms with Crippen LogP contribution in [0.25, 0.3) is 11.3 Å². The molecule has 1 unspecified atom stereocenters. The fourth-order valence-electron chi connectivity index (χ4n) is 3.83. The second-order valence-corrected chi connectivity index (χ2v) is 8.85. The molecule has 5 nitrogen and oxygen atoms in total. The van der Waals surface area contributed by atoms with Crippen LogP contribution in [0.15, 0.2) is 42.5 Å². The minimum absolute atomic E-state index is 0.101. The molecular weight excluding hydrogens is 409 g/mol. The van der Waals surface area contributed by atoms with Crippen molar-refractivity contribution in [3.8, 4) is 17.0 Å². The van der Waals surface area contributed by atoms with Gasteiger partial charge in [-0.2, -0.15) is 5.10 Å². The Morgan fingerprint density at radius 2 is 1.79 bits per heavy atom. The first kappa shape index (κ1) is 19.8. The number of nitrogens with one attached hydrogen (secondary N) is 1. The van der Waals surface area contributed by atoms with Crippen molar-refractivity contribution in [3.63, 3.8) is 0 Å². The number of benzene rings is 2. The number of rotatable bonds is 3. The highest BCUT2D eigenvalue weighted by atomic mass is 35.5. The first-order valence-corrected chi connectivity index (χ1v) is 9.99. The molecule has 0 saturated carbocycles. The van der Waals surface area contributed by atoms with Crippen molar-refractivity contribution in [3.05, 3.63) is 69.3 Å². The zero-order valence-corrected chi connectivity index (χ0v) is 18.1. The number of carbonyl (C=O) groups is 1. The molecule has 1 aliphatic rings. The summed E-state index contributed by atoms with van der Waals surface area (Å²) in [6.45, 7) is 6.02. The summed E-state index contributed by atoms with van der Waals surface area (Å²) in [5, 5.41) is 8.49. The zero-order valence-electron chi connectivity index (χ0n) is 16.6. The maximum atomic E-state index is 13.3. The molecule has 29 heavy (non-hydrogen) atoms. The Bertz CT molecular complexity index is 1080. The molecular formula is C22H21Cl2N3O2. The lowest BCUT2D eigenvalue weighted by atomic mass is 9.93. The Hall–Kier alpha value is -2.50. The number of amides is 1. The Morgan fingerprint density at radius 1 is 1.10 bits per heavy atom. The lowest BCUT2D eigenvalue weighted by molar-refractivity contribution is 0.0546. The molecule has 1 atom stereocenters. The van der Waals surface area contributed by atoms with E-state index in [1.165, 1.54) is 0 Å². The van der Waals surface area contributed by atoms with Crippen LogP contribution < -0.4 is 4.74 Å². The lowest BCUT2D eigenvalue weighted by Gasteiger charge is -2.38. The maximum Gasteiger partial charge on any atom is 0.273 e. The molecule has 0 spiro atoms. The summed E-state index contributed by atoms with van der Waals surface area (Å²) in [7, 11) is 1.62. The highest BCUT2D eigenvalue weighted by Crippen LogP contribution is 2.47. The molecule has 1 N–H and O–H groups in total. The van der Waals surface area contributed by atoms with Gasteiger partial charge in [0.2, 0.25) is 0 Å². The number of halogens is 2. The van der Waals surface area contributed by atoms with Crippen molar-refractivity contribution in [1.29, 1.82) is 0 Å². The van der Waals surface area contributed by atoms with Gasteiger partial charge in [0.25, 0.3) is 5.91 Å². The van der Waals surface area contributed by atoms with Crippen LogP contribution >= 0.6 is 23.2 Å². The molecule has 150 valence electrons. The molecule has 2 heterocycles. The van der Waals surface area contributed by atoms with E-state index in [2.05, 4.69) is 10.2 Å². The molecule has 0 radical (unpaired) electrons. The van der Waals surface area contributed by atoms with Crippen LogP contribution in [-0.2, 0) is 0 Å². The lowest BCUT2D eigenvalue weighted by Crippen LogP contribution is -2.44. The first-order chi connectivity index (χ1) is 13.7. The first-order valence-electron chi connectivity index (χ1n) is 9.23. The van der Waals surface area contributed by atoms with Crippen molar-refractivity contribution in [2.75, 3.05) is 7.11 Å². The van der Waals surface area contributed by atoms with Gasteiger partial charge < -0.3 is 9.64 Å². The highest BCUT2D eigenvalue weighted by molar-refractivity contribution is 6.35. The quantitative estimate of drug-likeness (QED) is 0.577. The molecule has 3 aromatic rings. The highest BCUT2D eigenvalue weighted by Gasteiger charge is 2.47. The molecule has 0 bridgehead atoms. The largest absolute Gasteiger partial charge is 0.497 e. The SMILES string of the molecule is COc1ccc(-c2n[nH]c3c2C(c2ccc(Cl)cc2Cl)N(C(C)(C)C)C3=O)cc1. The Labute approximate surface area is 179 Å². The summed E-state index contributed by atoms with van der Waals surface area (Å²) in [6.07, 6.45) is 0. The van der Waals surface area contributed by atoms with Crippen LogP contribution in [0.5, 0.6) is 5.75 Å². The van der Waals surface area contributed by atoms with Gasteiger partial charge in [0, 0.05) is 26.7 Å². The molecule has 0 aliphatic carbocycles. The van der Waals surface area contributed by atoms with Crippen LogP contribution in [0.2, 0.25) is 10.0 Å². The van der Waals surface area contributed by atoms with Crippen LogP contribution in [0.3, 0.4) is 0 Å². The summed E-state index contributed by atoms with van der Waals surface area (Å²) in [5.41, 5.74) is 3.30. The number of nitrogens with zero attached hydrogens (tertiary/aromatic N) is 2. The second kappa shape index (κ2) is 7.08. The number of fused-ring (bicyclic) bond motifs is 1. The molecule has 7 heteroatoms. The third-order valence-electron chi connectivity index (χ3n) is 5.11. The zero-order chi connectivity index (χ0) is 20.9. The maximum absolute atomic E-state index is 13.3. The van der Waals surface area contributed by atoms with E-state index in [0.29, 0.717) is 15.7 Å². The number of carbonyl (C=O) groups excluding carboxylic acids is 1. The van der Waals surface area contributed by atoms with Gasteiger partial charge in [-0.3, -0.25) is 9.89 Å². The van der Waals surface area contributed by atoms with Crippen LogP contribution in [0, 0.1) is 0 Å². The van der Waals surface area contributed by atoms with Gasteiger partial charge in [-0.05, 0) is 62.7 Å².